The molecule has 0 bridgehead atoms. The summed E-state index contributed by atoms with van der Waals surface area (Å²) < 4.78 is 4.57. The Morgan fingerprint density at radius 3 is 2.89 bits per heavy atom. The first-order chi connectivity index (χ1) is 4.31. The van der Waals surface area contributed by atoms with Crippen LogP contribution in [0.1, 0.15) is 18.4 Å². The molecule has 0 saturated heterocycles. The summed E-state index contributed by atoms with van der Waals surface area (Å²) in [4.78, 5) is 0. The quantitative estimate of drug-likeness (QED) is 0.599. The zero-order valence-electron chi connectivity index (χ0n) is 4.87. The summed E-state index contributed by atoms with van der Waals surface area (Å²) in [6.45, 7) is 0. The van der Waals surface area contributed by atoms with Crippen molar-refractivity contribution in [3.8, 4) is 0 Å². The molecule has 0 spiro atoms. The Morgan fingerprint density at radius 1 is 1.67 bits per heavy atom. The fraction of sp³-hybridized carbons (Fsp3) is 0.500. The van der Waals surface area contributed by atoms with Crippen LogP contribution in [0.25, 0.3) is 0 Å². The molecular weight excluding hydrogens is 118 g/mol. The molecule has 3 heteroatoms. The van der Waals surface area contributed by atoms with Gasteiger partial charge in [-0.1, -0.05) is 5.16 Å². The minimum atomic E-state index is -0.583. The van der Waals surface area contributed by atoms with Gasteiger partial charge in [0.1, 0.15) is 6.26 Å². The standard InChI is InChI=1S/C6H7NO2/c8-6(1-2-6)5-3-7-9-4-5/h3-4,8H,1-2H2. The third-order valence-electron chi connectivity index (χ3n) is 1.69. The fourth-order valence-corrected chi connectivity index (χ4v) is 0.842. The maximum absolute atomic E-state index is 9.39. The maximum atomic E-state index is 9.39. The predicted octanol–water partition coefficient (Wildman–Crippen LogP) is 0.656. The Kier molecular flexibility index (Phi) is 0.754. The molecule has 1 saturated carbocycles. The van der Waals surface area contributed by atoms with Gasteiger partial charge in [-0.3, -0.25) is 0 Å². The summed E-state index contributed by atoms with van der Waals surface area (Å²) in [5, 5.41) is 12.9. The summed E-state index contributed by atoms with van der Waals surface area (Å²) in [6, 6.07) is 0. The van der Waals surface area contributed by atoms with E-state index < -0.39 is 5.60 Å². The Hall–Kier alpha value is -0.830. The van der Waals surface area contributed by atoms with Gasteiger partial charge in [0, 0.05) is 5.56 Å². The summed E-state index contributed by atoms with van der Waals surface area (Å²) in [6.07, 6.45) is 4.74. The van der Waals surface area contributed by atoms with Crippen LogP contribution in [0.2, 0.25) is 0 Å². The van der Waals surface area contributed by atoms with Gasteiger partial charge >= 0.3 is 0 Å². The first-order valence-electron chi connectivity index (χ1n) is 2.93. The van der Waals surface area contributed by atoms with E-state index in [1.54, 1.807) is 6.20 Å². The van der Waals surface area contributed by atoms with Crippen molar-refractivity contribution in [3.05, 3.63) is 18.0 Å². The molecule has 1 aliphatic carbocycles. The number of rotatable bonds is 1. The van der Waals surface area contributed by atoms with Gasteiger partial charge in [0.05, 0.1) is 11.8 Å². The Morgan fingerprint density at radius 2 is 2.44 bits per heavy atom. The largest absolute Gasteiger partial charge is 0.385 e. The lowest BCUT2D eigenvalue weighted by molar-refractivity contribution is 0.150. The highest BCUT2D eigenvalue weighted by Gasteiger charge is 2.43. The molecule has 1 aromatic rings. The molecule has 0 unspecified atom stereocenters. The van der Waals surface area contributed by atoms with E-state index in [0.29, 0.717) is 0 Å². The van der Waals surface area contributed by atoms with Gasteiger partial charge in [0.2, 0.25) is 0 Å². The summed E-state index contributed by atoms with van der Waals surface area (Å²) >= 11 is 0. The molecule has 1 N–H and O–H groups in total. The van der Waals surface area contributed by atoms with Crippen LogP contribution >= 0.6 is 0 Å². The first kappa shape index (κ1) is 4.99. The lowest BCUT2D eigenvalue weighted by atomic mass is 10.2. The second-order valence-corrected chi connectivity index (χ2v) is 2.44. The van der Waals surface area contributed by atoms with E-state index in [-0.39, 0.29) is 0 Å². The monoisotopic (exact) mass is 125 g/mol. The second kappa shape index (κ2) is 1.36. The second-order valence-electron chi connectivity index (χ2n) is 2.44. The molecule has 1 aromatic heterocycles. The number of aromatic nitrogens is 1. The van der Waals surface area contributed by atoms with Crippen molar-refractivity contribution in [1.29, 1.82) is 0 Å². The average molecular weight is 125 g/mol. The number of hydrogen-bond donors (Lipinski definition) is 1. The van der Waals surface area contributed by atoms with Crippen molar-refractivity contribution in [2.45, 2.75) is 18.4 Å². The molecule has 2 rings (SSSR count). The van der Waals surface area contributed by atoms with Crippen LogP contribution in [-0.2, 0) is 5.60 Å². The van der Waals surface area contributed by atoms with Gasteiger partial charge in [-0.25, -0.2) is 0 Å². The predicted molar refractivity (Wildman–Crippen MR) is 29.6 cm³/mol. The maximum Gasteiger partial charge on any atom is 0.129 e. The third kappa shape index (κ3) is 0.650. The van der Waals surface area contributed by atoms with E-state index in [1.807, 2.05) is 0 Å². The number of hydrogen-bond acceptors (Lipinski definition) is 3. The summed E-state index contributed by atoms with van der Waals surface area (Å²) in [7, 11) is 0. The van der Waals surface area contributed by atoms with Gasteiger partial charge in [-0.2, -0.15) is 0 Å². The Balaban J connectivity index is 2.34. The van der Waals surface area contributed by atoms with Crippen molar-refractivity contribution in [2.75, 3.05) is 0 Å². The van der Waals surface area contributed by atoms with Crippen molar-refractivity contribution in [2.24, 2.45) is 0 Å². The molecule has 1 heterocycles. The minimum absolute atomic E-state index is 0.583. The molecule has 3 nitrogen and oxygen atoms in total. The summed E-state index contributed by atoms with van der Waals surface area (Å²) in [5.41, 5.74) is 0.225. The average Bonchev–Trinajstić information content (AvgIpc) is 2.46. The van der Waals surface area contributed by atoms with Crippen LogP contribution in [0.3, 0.4) is 0 Å². The summed E-state index contributed by atoms with van der Waals surface area (Å²) in [5.74, 6) is 0. The van der Waals surface area contributed by atoms with Gasteiger partial charge < -0.3 is 9.63 Å². The topological polar surface area (TPSA) is 46.3 Å². The molecule has 0 aliphatic heterocycles. The zero-order chi connectivity index (χ0) is 6.32. The van der Waals surface area contributed by atoms with Crippen molar-refractivity contribution in [3.63, 3.8) is 0 Å². The lowest BCUT2D eigenvalue weighted by Gasteiger charge is -1.98. The molecule has 1 fully saturated rings. The van der Waals surface area contributed by atoms with E-state index in [1.165, 1.54) is 6.26 Å². The van der Waals surface area contributed by atoms with Crippen LogP contribution in [0.5, 0.6) is 0 Å². The molecule has 0 amide bonds. The molecule has 0 atom stereocenters. The van der Waals surface area contributed by atoms with Gasteiger partial charge in [-0.15, -0.1) is 0 Å². The van der Waals surface area contributed by atoms with Crippen LogP contribution in [-0.4, -0.2) is 10.3 Å². The van der Waals surface area contributed by atoms with Gasteiger partial charge in [0.15, 0.2) is 0 Å². The molecule has 1 aliphatic rings. The highest BCUT2D eigenvalue weighted by Crippen LogP contribution is 2.44. The number of aliphatic hydroxyl groups is 1. The van der Waals surface area contributed by atoms with Crippen molar-refractivity contribution >= 4 is 0 Å². The molecular formula is C6H7NO2. The Bertz CT molecular complexity index is 201. The van der Waals surface area contributed by atoms with Crippen LogP contribution in [0, 0.1) is 0 Å². The highest BCUT2D eigenvalue weighted by atomic mass is 16.5. The van der Waals surface area contributed by atoms with E-state index in [2.05, 4.69) is 9.68 Å². The van der Waals surface area contributed by atoms with Gasteiger partial charge in [0.25, 0.3) is 0 Å². The van der Waals surface area contributed by atoms with Crippen molar-refractivity contribution < 1.29 is 9.63 Å². The first-order valence-corrected chi connectivity index (χ1v) is 2.93. The third-order valence-corrected chi connectivity index (χ3v) is 1.69. The SMILES string of the molecule is OC1(c2cnoc2)CC1. The van der Waals surface area contributed by atoms with Crippen molar-refractivity contribution in [1.82, 2.24) is 5.16 Å². The minimum Gasteiger partial charge on any atom is -0.385 e. The fourth-order valence-electron chi connectivity index (χ4n) is 0.842. The number of nitrogens with zero attached hydrogens (tertiary/aromatic N) is 1. The normalized spacial score (nSPS) is 21.9. The van der Waals surface area contributed by atoms with Crippen LogP contribution < -0.4 is 0 Å². The van der Waals surface area contributed by atoms with E-state index in [0.717, 1.165) is 18.4 Å². The van der Waals surface area contributed by atoms with E-state index in [4.69, 9.17) is 0 Å². The molecule has 9 heavy (non-hydrogen) atoms. The van der Waals surface area contributed by atoms with E-state index >= 15 is 0 Å². The molecule has 0 aromatic carbocycles. The zero-order valence-corrected chi connectivity index (χ0v) is 4.87. The van der Waals surface area contributed by atoms with Gasteiger partial charge in [-0.05, 0) is 12.8 Å². The lowest BCUT2D eigenvalue weighted by Crippen LogP contribution is -2.00. The Labute approximate surface area is 52.3 Å². The molecule has 0 radical (unpaired) electrons. The van der Waals surface area contributed by atoms with Crippen LogP contribution in [0.4, 0.5) is 0 Å². The van der Waals surface area contributed by atoms with Crippen LogP contribution in [0.15, 0.2) is 17.0 Å². The molecule has 48 valence electrons. The highest BCUT2D eigenvalue weighted by molar-refractivity contribution is 5.19. The van der Waals surface area contributed by atoms with E-state index in [9.17, 15) is 5.11 Å². The smallest absolute Gasteiger partial charge is 0.129 e.